The minimum atomic E-state index is 0.117. The number of aryl methyl sites for hydroxylation is 1. The van der Waals surface area contributed by atoms with Crippen LogP contribution in [0.5, 0.6) is 0 Å². The summed E-state index contributed by atoms with van der Waals surface area (Å²) in [6, 6.07) is 2.09. The van der Waals surface area contributed by atoms with Crippen molar-refractivity contribution in [1.82, 2.24) is 19.9 Å². The second-order valence-corrected chi connectivity index (χ2v) is 5.14. The third-order valence-electron chi connectivity index (χ3n) is 3.52. The van der Waals surface area contributed by atoms with Crippen LogP contribution >= 0.6 is 11.6 Å². The summed E-state index contributed by atoms with van der Waals surface area (Å²) in [4.78, 5) is 20.2. The van der Waals surface area contributed by atoms with Crippen molar-refractivity contribution in [3.8, 4) is 0 Å². The number of alkyl halides is 1. The highest BCUT2D eigenvalue weighted by atomic mass is 35.5. The number of hydrogen-bond donors (Lipinski definition) is 1. The van der Waals surface area contributed by atoms with Crippen LogP contribution < -0.4 is 5.32 Å². The number of halogens is 1. The molecule has 3 heterocycles. The number of nitrogens with one attached hydrogen (secondary N) is 1. The largest absolute Gasteiger partial charge is 0.352 e. The number of amides is 1. The zero-order valence-electron chi connectivity index (χ0n) is 10.7. The highest BCUT2D eigenvalue weighted by molar-refractivity contribution is 6.16. The van der Waals surface area contributed by atoms with Gasteiger partial charge in [0.1, 0.15) is 11.3 Å². The van der Waals surface area contributed by atoms with E-state index in [0.717, 1.165) is 29.0 Å². The van der Waals surface area contributed by atoms with Crippen LogP contribution in [0.15, 0.2) is 12.3 Å². The molecule has 1 aliphatic rings. The summed E-state index contributed by atoms with van der Waals surface area (Å²) >= 11 is 5.97. The van der Waals surface area contributed by atoms with E-state index in [2.05, 4.69) is 15.3 Å². The van der Waals surface area contributed by atoms with Crippen LogP contribution in [0.1, 0.15) is 24.2 Å². The fraction of sp³-hybridized carbons (Fsp3) is 0.462. The van der Waals surface area contributed by atoms with E-state index in [1.807, 2.05) is 17.6 Å². The molecule has 1 N–H and O–H groups in total. The Morgan fingerprint density at radius 1 is 1.58 bits per heavy atom. The van der Waals surface area contributed by atoms with Crippen molar-refractivity contribution in [2.75, 3.05) is 0 Å². The van der Waals surface area contributed by atoms with Crippen molar-refractivity contribution in [2.24, 2.45) is 0 Å². The number of imidazole rings is 1. The molecular formula is C13H15ClN4O. The van der Waals surface area contributed by atoms with Gasteiger partial charge in [-0.05, 0) is 25.0 Å². The molecule has 1 fully saturated rings. The van der Waals surface area contributed by atoms with Gasteiger partial charge in [-0.2, -0.15) is 0 Å². The average molecular weight is 279 g/mol. The van der Waals surface area contributed by atoms with Gasteiger partial charge in [-0.1, -0.05) is 0 Å². The predicted molar refractivity (Wildman–Crippen MR) is 73.0 cm³/mol. The molecule has 5 nitrogen and oxygen atoms in total. The maximum atomic E-state index is 11.3. The van der Waals surface area contributed by atoms with Crippen molar-refractivity contribution >= 4 is 28.7 Å². The number of nitrogens with zero attached hydrogens (tertiary/aromatic N) is 3. The number of carbonyl (C=O) groups excluding carboxylic acids is 1. The monoisotopic (exact) mass is 278 g/mol. The fourth-order valence-electron chi connectivity index (χ4n) is 2.51. The highest BCUT2D eigenvalue weighted by Crippen LogP contribution is 2.20. The smallest absolute Gasteiger partial charge is 0.220 e. The molecule has 1 aliphatic heterocycles. The van der Waals surface area contributed by atoms with E-state index in [1.165, 1.54) is 0 Å². The molecule has 1 unspecified atom stereocenters. The second-order valence-electron chi connectivity index (χ2n) is 4.88. The van der Waals surface area contributed by atoms with E-state index in [4.69, 9.17) is 11.6 Å². The molecule has 1 amide bonds. The zero-order chi connectivity index (χ0) is 13.4. The number of rotatable bonds is 3. The Morgan fingerprint density at radius 3 is 3.11 bits per heavy atom. The number of aromatic nitrogens is 3. The van der Waals surface area contributed by atoms with Gasteiger partial charge >= 0.3 is 0 Å². The van der Waals surface area contributed by atoms with Gasteiger partial charge in [0.15, 0.2) is 5.65 Å². The Balaban J connectivity index is 2.01. The first-order valence-corrected chi connectivity index (χ1v) is 6.88. The van der Waals surface area contributed by atoms with Crippen LogP contribution in [0.2, 0.25) is 0 Å². The topological polar surface area (TPSA) is 59.8 Å². The van der Waals surface area contributed by atoms with Gasteiger partial charge in [-0.3, -0.25) is 4.79 Å². The number of carbonyl (C=O) groups is 1. The van der Waals surface area contributed by atoms with E-state index in [0.29, 0.717) is 18.8 Å². The maximum absolute atomic E-state index is 11.3. The van der Waals surface area contributed by atoms with Crippen molar-refractivity contribution in [3.63, 3.8) is 0 Å². The normalized spacial score (nSPS) is 19.1. The number of hydrogen-bond acceptors (Lipinski definition) is 3. The van der Waals surface area contributed by atoms with E-state index >= 15 is 0 Å². The van der Waals surface area contributed by atoms with E-state index in [-0.39, 0.29) is 11.9 Å². The Hall–Kier alpha value is -1.62. The highest BCUT2D eigenvalue weighted by Gasteiger charge is 2.23. The molecule has 2 aromatic heterocycles. The quantitative estimate of drug-likeness (QED) is 0.871. The van der Waals surface area contributed by atoms with Gasteiger partial charge in [0.25, 0.3) is 0 Å². The second kappa shape index (κ2) is 4.81. The third-order valence-corrected chi connectivity index (χ3v) is 3.76. The van der Waals surface area contributed by atoms with Crippen molar-refractivity contribution in [2.45, 2.75) is 38.2 Å². The average Bonchev–Trinajstić information content (AvgIpc) is 2.96. The van der Waals surface area contributed by atoms with Gasteiger partial charge in [0.05, 0.1) is 5.88 Å². The summed E-state index contributed by atoms with van der Waals surface area (Å²) in [6.45, 7) is 2.69. The first kappa shape index (κ1) is 12.4. The molecule has 0 saturated carbocycles. The van der Waals surface area contributed by atoms with Crippen molar-refractivity contribution in [3.05, 3.63) is 23.7 Å². The first-order chi connectivity index (χ1) is 9.19. The summed E-state index contributed by atoms with van der Waals surface area (Å²) in [7, 11) is 0. The molecule has 19 heavy (non-hydrogen) atoms. The number of pyridine rings is 1. The van der Waals surface area contributed by atoms with E-state index in [9.17, 15) is 4.79 Å². The Morgan fingerprint density at radius 2 is 2.42 bits per heavy atom. The molecule has 0 bridgehead atoms. The van der Waals surface area contributed by atoms with E-state index < -0.39 is 0 Å². The minimum Gasteiger partial charge on any atom is -0.352 e. The molecular weight excluding hydrogens is 264 g/mol. The fourth-order valence-corrected chi connectivity index (χ4v) is 2.72. The standard InChI is InChI=1S/C13H15ClN4O/c1-8-4-5-15-13-12(8)17-10(6-14)18(13)7-9-2-3-11(19)16-9/h4-5,9H,2-3,6-7H2,1H3,(H,16,19). The molecule has 0 aromatic carbocycles. The van der Waals surface area contributed by atoms with Gasteiger partial charge in [-0.25, -0.2) is 9.97 Å². The van der Waals surface area contributed by atoms with Crippen LogP contribution in [0.3, 0.4) is 0 Å². The molecule has 2 aromatic rings. The van der Waals surface area contributed by atoms with Crippen LogP contribution in [0.25, 0.3) is 11.2 Å². The van der Waals surface area contributed by atoms with Crippen LogP contribution in [0.4, 0.5) is 0 Å². The molecule has 100 valence electrons. The van der Waals surface area contributed by atoms with Gasteiger partial charge in [0.2, 0.25) is 5.91 Å². The molecule has 0 aliphatic carbocycles. The van der Waals surface area contributed by atoms with Crippen LogP contribution in [-0.4, -0.2) is 26.5 Å². The molecule has 3 rings (SSSR count). The number of fused-ring (bicyclic) bond motifs is 1. The summed E-state index contributed by atoms with van der Waals surface area (Å²) in [5, 5.41) is 2.96. The van der Waals surface area contributed by atoms with Gasteiger partial charge < -0.3 is 9.88 Å². The lowest BCUT2D eigenvalue weighted by Gasteiger charge is -2.13. The minimum absolute atomic E-state index is 0.117. The maximum Gasteiger partial charge on any atom is 0.220 e. The molecule has 0 spiro atoms. The van der Waals surface area contributed by atoms with Gasteiger partial charge in [-0.15, -0.1) is 11.6 Å². The Labute approximate surface area is 116 Å². The van der Waals surface area contributed by atoms with Crippen LogP contribution in [0, 0.1) is 6.92 Å². The summed E-state index contributed by atoms with van der Waals surface area (Å²) in [5.74, 6) is 1.27. The summed E-state index contributed by atoms with van der Waals surface area (Å²) < 4.78 is 2.02. The summed E-state index contributed by atoms with van der Waals surface area (Å²) in [6.07, 6.45) is 3.23. The van der Waals surface area contributed by atoms with Crippen LogP contribution in [-0.2, 0) is 17.2 Å². The molecule has 1 saturated heterocycles. The van der Waals surface area contributed by atoms with Gasteiger partial charge in [0, 0.05) is 25.2 Å². The van der Waals surface area contributed by atoms with E-state index in [1.54, 1.807) is 6.20 Å². The Kier molecular flexibility index (Phi) is 3.14. The summed E-state index contributed by atoms with van der Waals surface area (Å²) in [5.41, 5.74) is 2.82. The Bertz CT molecular complexity index is 637. The van der Waals surface area contributed by atoms with Crippen molar-refractivity contribution < 1.29 is 4.79 Å². The molecule has 6 heteroatoms. The SMILES string of the molecule is Cc1ccnc2c1nc(CCl)n2CC1CCC(=O)N1. The first-order valence-electron chi connectivity index (χ1n) is 6.35. The lowest BCUT2D eigenvalue weighted by molar-refractivity contribution is -0.119. The predicted octanol–water partition coefficient (Wildman–Crippen LogP) is 1.76. The third kappa shape index (κ3) is 2.18. The lowest BCUT2D eigenvalue weighted by Crippen LogP contribution is -2.30. The zero-order valence-corrected chi connectivity index (χ0v) is 11.4. The lowest BCUT2D eigenvalue weighted by atomic mass is 10.2. The van der Waals surface area contributed by atoms with Crippen molar-refractivity contribution in [1.29, 1.82) is 0 Å². The molecule has 1 atom stereocenters. The molecule has 0 radical (unpaired) electrons.